The molecule has 0 aliphatic rings. The SMILES string of the molecule is CCOC(=O)c1c(C(=O)OCC)c2c(=O)n(CC)c3c(C)ccc1n23. The van der Waals surface area contributed by atoms with Crippen molar-refractivity contribution in [2.24, 2.45) is 0 Å². The van der Waals surface area contributed by atoms with Gasteiger partial charge in [-0.1, -0.05) is 6.07 Å². The summed E-state index contributed by atoms with van der Waals surface area (Å²) in [5, 5.41) is 0. The molecule has 0 aliphatic carbocycles. The second-order valence-corrected chi connectivity index (χ2v) is 5.65. The maximum atomic E-state index is 12.9. The van der Waals surface area contributed by atoms with E-state index in [0.29, 0.717) is 17.7 Å². The zero-order chi connectivity index (χ0) is 18.3. The lowest BCUT2D eigenvalue weighted by Gasteiger charge is -2.07. The molecule has 3 rings (SSSR count). The molecule has 3 heterocycles. The van der Waals surface area contributed by atoms with Crippen LogP contribution in [0.25, 0.3) is 16.7 Å². The van der Waals surface area contributed by atoms with Crippen molar-refractivity contribution in [3.05, 3.63) is 39.2 Å². The van der Waals surface area contributed by atoms with E-state index in [-0.39, 0.29) is 35.4 Å². The van der Waals surface area contributed by atoms with Crippen LogP contribution < -0.4 is 5.56 Å². The Morgan fingerprint density at radius 3 is 2.16 bits per heavy atom. The Balaban J connectivity index is 2.52. The van der Waals surface area contributed by atoms with Gasteiger partial charge >= 0.3 is 11.9 Å². The summed E-state index contributed by atoms with van der Waals surface area (Å²) in [6, 6.07) is 3.55. The minimum atomic E-state index is -0.695. The van der Waals surface area contributed by atoms with Crippen molar-refractivity contribution < 1.29 is 19.1 Å². The molecule has 0 atom stereocenters. The zero-order valence-corrected chi connectivity index (χ0v) is 14.7. The Morgan fingerprint density at radius 1 is 1.00 bits per heavy atom. The van der Waals surface area contributed by atoms with Gasteiger partial charge in [0, 0.05) is 6.54 Å². The molecule has 0 saturated carbocycles. The molecule has 0 radical (unpaired) electrons. The number of aryl methyl sites for hydroxylation is 2. The maximum absolute atomic E-state index is 12.9. The minimum Gasteiger partial charge on any atom is -0.462 e. The van der Waals surface area contributed by atoms with Gasteiger partial charge in [-0.2, -0.15) is 0 Å². The van der Waals surface area contributed by atoms with Crippen LogP contribution in [0, 0.1) is 6.92 Å². The van der Waals surface area contributed by atoms with Gasteiger partial charge in [-0.15, -0.1) is 0 Å². The molecule has 0 spiro atoms. The fraction of sp³-hybridized carbons (Fsp3) is 0.389. The van der Waals surface area contributed by atoms with Crippen LogP contribution in [-0.4, -0.2) is 34.1 Å². The summed E-state index contributed by atoms with van der Waals surface area (Å²) in [7, 11) is 0. The van der Waals surface area contributed by atoms with E-state index in [1.54, 1.807) is 28.9 Å². The fourth-order valence-corrected chi connectivity index (χ4v) is 3.29. The molecule has 0 amide bonds. The molecule has 3 aromatic rings. The summed E-state index contributed by atoms with van der Waals surface area (Å²) in [4.78, 5) is 38.0. The number of imidazole rings is 1. The van der Waals surface area contributed by atoms with Crippen molar-refractivity contribution in [2.75, 3.05) is 13.2 Å². The van der Waals surface area contributed by atoms with E-state index >= 15 is 0 Å². The first-order chi connectivity index (χ1) is 12.0. The highest BCUT2D eigenvalue weighted by Crippen LogP contribution is 2.30. The molecule has 0 aromatic carbocycles. The van der Waals surface area contributed by atoms with Crippen molar-refractivity contribution in [3.8, 4) is 0 Å². The third-order valence-electron chi connectivity index (χ3n) is 4.24. The van der Waals surface area contributed by atoms with Crippen LogP contribution in [-0.2, 0) is 16.0 Å². The molecular formula is C18H20N2O5. The van der Waals surface area contributed by atoms with Crippen molar-refractivity contribution in [2.45, 2.75) is 34.2 Å². The summed E-state index contributed by atoms with van der Waals surface area (Å²) in [6.07, 6.45) is 0. The van der Waals surface area contributed by atoms with Crippen LogP contribution in [0.1, 0.15) is 47.1 Å². The summed E-state index contributed by atoms with van der Waals surface area (Å²) < 4.78 is 13.5. The van der Waals surface area contributed by atoms with Gasteiger partial charge in [0.15, 0.2) is 0 Å². The predicted octanol–water partition coefficient (Wildman–Crippen LogP) is 2.37. The Morgan fingerprint density at radius 2 is 1.60 bits per heavy atom. The highest BCUT2D eigenvalue weighted by molar-refractivity contribution is 6.14. The van der Waals surface area contributed by atoms with Crippen LogP contribution in [0.2, 0.25) is 0 Å². The normalized spacial score (nSPS) is 11.4. The van der Waals surface area contributed by atoms with Crippen LogP contribution in [0.5, 0.6) is 0 Å². The van der Waals surface area contributed by atoms with Gasteiger partial charge < -0.3 is 9.47 Å². The molecule has 132 valence electrons. The summed E-state index contributed by atoms with van der Waals surface area (Å²) >= 11 is 0. The predicted molar refractivity (Wildman–Crippen MR) is 92.7 cm³/mol. The molecule has 0 N–H and O–H groups in total. The summed E-state index contributed by atoms with van der Waals surface area (Å²) in [5.41, 5.74) is 1.93. The topological polar surface area (TPSA) is 79.0 Å². The highest BCUT2D eigenvalue weighted by atomic mass is 16.5. The number of hydrogen-bond acceptors (Lipinski definition) is 5. The lowest BCUT2D eigenvalue weighted by Crippen LogP contribution is -2.18. The van der Waals surface area contributed by atoms with Gasteiger partial charge in [0.05, 0.1) is 18.7 Å². The Kier molecular flexibility index (Phi) is 4.24. The monoisotopic (exact) mass is 344 g/mol. The van der Waals surface area contributed by atoms with Crippen LogP contribution >= 0.6 is 0 Å². The van der Waals surface area contributed by atoms with Crippen molar-refractivity contribution >= 4 is 28.6 Å². The quantitative estimate of drug-likeness (QED) is 0.664. The van der Waals surface area contributed by atoms with Gasteiger partial charge in [-0.25, -0.2) is 9.59 Å². The average Bonchev–Trinajstić information content (AvgIpc) is 3.07. The van der Waals surface area contributed by atoms with E-state index in [9.17, 15) is 14.4 Å². The summed E-state index contributed by atoms with van der Waals surface area (Å²) in [6.45, 7) is 7.87. The van der Waals surface area contributed by atoms with Crippen LogP contribution in [0.4, 0.5) is 0 Å². The molecular weight excluding hydrogens is 324 g/mol. The summed E-state index contributed by atoms with van der Waals surface area (Å²) in [5.74, 6) is -1.33. The standard InChI is InChI=1S/C18H20N2O5/c1-5-19-15-10(4)8-9-11-12(17(22)24-6-2)13(18(23)25-7-3)14(16(19)21)20(11)15/h8-9H,5-7H2,1-4H3. The van der Waals surface area contributed by atoms with Crippen LogP contribution in [0.15, 0.2) is 16.9 Å². The number of rotatable bonds is 5. The first-order valence-electron chi connectivity index (χ1n) is 8.31. The Labute approximate surface area is 144 Å². The van der Waals surface area contributed by atoms with E-state index in [0.717, 1.165) is 5.56 Å². The van der Waals surface area contributed by atoms with E-state index < -0.39 is 11.9 Å². The van der Waals surface area contributed by atoms with Gasteiger partial charge in [0.25, 0.3) is 5.56 Å². The van der Waals surface area contributed by atoms with Gasteiger partial charge in [-0.3, -0.25) is 13.8 Å². The largest absolute Gasteiger partial charge is 0.462 e. The molecule has 0 fully saturated rings. The number of esters is 2. The van der Waals surface area contributed by atoms with E-state index in [1.807, 2.05) is 19.9 Å². The van der Waals surface area contributed by atoms with Crippen molar-refractivity contribution in [3.63, 3.8) is 0 Å². The number of aromatic nitrogens is 2. The molecule has 7 heteroatoms. The molecule has 25 heavy (non-hydrogen) atoms. The van der Waals surface area contributed by atoms with Gasteiger partial charge in [0.2, 0.25) is 0 Å². The lowest BCUT2D eigenvalue weighted by atomic mass is 10.1. The average molecular weight is 344 g/mol. The molecule has 0 saturated heterocycles. The third-order valence-corrected chi connectivity index (χ3v) is 4.24. The molecule has 0 unspecified atom stereocenters. The minimum absolute atomic E-state index is 0.0203. The Bertz CT molecular complexity index is 1030. The smallest absolute Gasteiger partial charge is 0.341 e. The number of pyridine rings is 1. The molecule has 0 aliphatic heterocycles. The highest BCUT2D eigenvalue weighted by Gasteiger charge is 2.32. The number of nitrogens with zero attached hydrogens (tertiary/aromatic N) is 2. The zero-order valence-electron chi connectivity index (χ0n) is 14.7. The van der Waals surface area contributed by atoms with E-state index in [2.05, 4.69) is 0 Å². The number of hydrogen-bond donors (Lipinski definition) is 0. The molecule has 3 aromatic heterocycles. The number of carbonyl (C=O) groups is 2. The van der Waals surface area contributed by atoms with E-state index in [4.69, 9.17) is 9.47 Å². The number of carbonyl (C=O) groups excluding carboxylic acids is 2. The second-order valence-electron chi connectivity index (χ2n) is 5.65. The Hall–Kier alpha value is -2.83. The number of ether oxygens (including phenoxy) is 2. The fourth-order valence-electron chi connectivity index (χ4n) is 3.29. The van der Waals surface area contributed by atoms with Gasteiger partial charge in [0.1, 0.15) is 22.3 Å². The second kappa shape index (κ2) is 6.23. The maximum Gasteiger partial charge on any atom is 0.341 e. The van der Waals surface area contributed by atoms with Crippen molar-refractivity contribution in [1.82, 2.24) is 8.97 Å². The molecule has 0 bridgehead atoms. The van der Waals surface area contributed by atoms with E-state index in [1.165, 1.54) is 0 Å². The van der Waals surface area contributed by atoms with Gasteiger partial charge in [-0.05, 0) is 39.3 Å². The van der Waals surface area contributed by atoms with Crippen LogP contribution in [0.3, 0.4) is 0 Å². The van der Waals surface area contributed by atoms with Crippen molar-refractivity contribution in [1.29, 1.82) is 0 Å². The third kappa shape index (κ3) is 2.30. The molecule has 7 nitrogen and oxygen atoms in total. The lowest BCUT2D eigenvalue weighted by molar-refractivity contribution is 0.0483. The first-order valence-corrected chi connectivity index (χ1v) is 8.31. The first kappa shape index (κ1) is 17.0.